The molecule has 0 amide bonds. The van der Waals surface area contributed by atoms with E-state index < -0.39 is 5.82 Å². The van der Waals surface area contributed by atoms with Crippen LogP contribution in [0.3, 0.4) is 0 Å². The molecular weight excluding hydrogens is 412 g/mol. The van der Waals surface area contributed by atoms with Crippen LogP contribution in [0, 0.1) is 11.6 Å². The molecule has 1 aliphatic heterocycles. The molecule has 30 heavy (non-hydrogen) atoms. The first-order valence-electron chi connectivity index (χ1n) is 9.31. The summed E-state index contributed by atoms with van der Waals surface area (Å²) in [6.45, 7) is 1.47. The molecule has 0 spiro atoms. The van der Waals surface area contributed by atoms with Gasteiger partial charge in [0.25, 0.3) is 0 Å². The third-order valence-corrected chi connectivity index (χ3v) is 5.01. The fraction of sp³-hybridized carbons (Fsp3) is 0.150. The highest BCUT2D eigenvalue weighted by molar-refractivity contribution is 6.29. The zero-order valence-corrected chi connectivity index (χ0v) is 16.4. The molecule has 0 aliphatic carbocycles. The summed E-state index contributed by atoms with van der Waals surface area (Å²) in [7, 11) is 0. The first-order valence-corrected chi connectivity index (χ1v) is 9.69. The Morgan fingerprint density at radius 3 is 2.60 bits per heavy atom. The lowest BCUT2D eigenvalue weighted by Crippen LogP contribution is -2.28. The average molecular weight is 428 g/mol. The minimum atomic E-state index is -0.439. The van der Waals surface area contributed by atoms with Crippen molar-refractivity contribution >= 4 is 34.9 Å². The van der Waals surface area contributed by atoms with Crippen LogP contribution in [0.25, 0.3) is 5.69 Å². The van der Waals surface area contributed by atoms with E-state index in [1.165, 1.54) is 35.3 Å². The van der Waals surface area contributed by atoms with E-state index in [4.69, 9.17) is 11.6 Å². The van der Waals surface area contributed by atoms with Crippen LogP contribution in [0.5, 0.6) is 0 Å². The van der Waals surface area contributed by atoms with E-state index in [9.17, 15) is 8.78 Å². The van der Waals surface area contributed by atoms with Crippen LogP contribution in [0.4, 0.5) is 32.1 Å². The van der Waals surface area contributed by atoms with Crippen molar-refractivity contribution in [2.24, 2.45) is 0 Å². The Balaban J connectivity index is 1.40. The largest absolute Gasteiger partial charge is 0.323 e. The molecule has 0 unspecified atom stereocenters. The molecular formula is C20H16ClF2N7. The lowest BCUT2D eigenvalue weighted by molar-refractivity contribution is 0.539. The molecule has 3 heterocycles. The van der Waals surface area contributed by atoms with Gasteiger partial charge in [-0.1, -0.05) is 11.6 Å². The van der Waals surface area contributed by atoms with Crippen molar-refractivity contribution < 1.29 is 8.78 Å². The van der Waals surface area contributed by atoms with Gasteiger partial charge in [0, 0.05) is 30.7 Å². The molecule has 0 fully saturated rings. The average Bonchev–Trinajstić information content (AvgIpc) is 3.34. The maximum absolute atomic E-state index is 14.6. The maximum Gasteiger partial charge on any atom is 0.248 e. The van der Waals surface area contributed by atoms with Crippen molar-refractivity contribution in [3.63, 3.8) is 0 Å². The highest BCUT2D eigenvalue weighted by Crippen LogP contribution is 2.29. The number of anilines is 4. The van der Waals surface area contributed by atoms with Crippen LogP contribution in [-0.4, -0.2) is 30.9 Å². The van der Waals surface area contributed by atoms with Crippen molar-refractivity contribution in [2.75, 3.05) is 16.8 Å². The van der Waals surface area contributed by atoms with Crippen LogP contribution in [-0.2, 0) is 6.54 Å². The summed E-state index contributed by atoms with van der Waals surface area (Å²) in [6.07, 6.45) is 3.86. The highest BCUT2D eigenvalue weighted by atomic mass is 35.5. The van der Waals surface area contributed by atoms with E-state index in [0.717, 1.165) is 25.2 Å². The number of aryl methyl sites for hydroxylation is 1. The molecule has 0 saturated carbocycles. The molecule has 10 heteroatoms. The van der Waals surface area contributed by atoms with Gasteiger partial charge in [0.05, 0.1) is 5.69 Å². The molecule has 4 aromatic rings. The van der Waals surface area contributed by atoms with Gasteiger partial charge in [-0.15, -0.1) is 5.10 Å². The normalized spacial score (nSPS) is 13.4. The van der Waals surface area contributed by atoms with Gasteiger partial charge in [-0.2, -0.15) is 4.98 Å². The second kappa shape index (κ2) is 7.42. The van der Waals surface area contributed by atoms with E-state index in [-0.39, 0.29) is 11.0 Å². The number of fused-ring (bicyclic) bond motifs is 1. The quantitative estimate of drug-likeness (QED) is 0.512. The van der Waals surface area contributed by atoms with E-state index in [2.05, 4.69) is 20.4 Å². The van der Waals surface area contributed by atoms with Crippen LogP contribution in [0.15, 0.2) is 55.0 Å². The van der Waals surface area contributed by atoms with Crippen molar-refractivity contribution in [1.82, 2.24) is 24.3 Å². The summed E-state index contributed by atoms with van der Waals surface area (Å²) in [6, 6.07) is 11.0. The molecule has 7 nitrogen and oxygen atoms in total. The second-order valence-corrected chi connectivity index (χ2v) is 7.22. The summed E-state index contributed by atoms with van der Waals surface area (Å²) in [4.78, 5) is 10.4. The predicted molar refractivity (Wildman–Crippen MR) is 110 cm³/mol. The molecule has 5 rings (SSSR count). The summed E-state index contributed by atoms with van der Waals surface area (Å²) in [5, 5.41) is 7.81. The van der Waals surface area contributed by atoms with Crippen molar-refractivity contribution in [3.8, 4) is 5.69 Å². The number of nitrogens with one attached hydrogen (secondary N) is 1. The molecule has 0 bridgehead atoms. The van der Waals surface area contributed by atoms with Gasteiger partial charge in [0.15, 0.2) is 0 Å². The predicted octanol–water partition coefficient (Wildman–Crippen LogP) is 4.68. The fourth-order valence-corrected chi connectivity index (χ4v) is 3.58. The standard InChI is InChI=1S/C20H16ClF2N7/c21-18-11-28(12-24-18)17-7-4-14(10-16(17)23)25-19-26-20-29(8-1-9-30(20)27-19)15-5-2-13(22)3-6-15/h2-7,10-12H,1,8-9H2,(H,25,27). The monoisotopic (exact) mass is 427 g/mol. The third-order valence-electron chi connectivity index (χ3n) is 4.82. The zero-order valence-electron chi connectivity index (χ0n) is 15.6. The topological polar surface area (TPSA) is 63.8 Å². The summed E-state index contributed by atoms with van der Waals surface area (Å²) >= 11 is 5.81. The van der Waals surface area contributed by atoms with Crippen LogP contribution >= 0.6 is 11.6 Å². The first kappa shape index (κ1) is 18.6. The van der Waals surface area contributed by atoms with Gasteiger partial charge in [-0.3, -0.25) is 0 Å². The minimum absolute atomic E-state index is 0.287. The Kier molecular flexibility index (Phi) is 4.59. The fourth-order valence-electron chi connectivity index (χ4n) is 3.43. The van der Waals surface area contributed by atoms with Crippen LogP contribution in [0.1, 0.15) is 6.42 Å². The van der Waals surface area contributed by atoms with Crippen LogP contribution in [0.2, 0.25) is 5.15 Å². The molecule has 2 aromatic heterocycles. The number of hydrogen-bond donors (Lipinski definition) is 1. The molecule has 152 valence electrons. The van der Waals surface area contributed by atoms with Crippen molar-refractivity contribution in [2.45, 2.75) is 13.0 Å². The highest BCUT2D eigenvalue weighted by Gasteiger charge is 2.23. The zero-order chi connectivity index (χ0) is 20.7. The molecule has 0 atom stereocenters. The van der Waals surface area contributed by atoms with Gasteiger partial charge in [-0.05, 0) is 48.9 Å². The SMILES string of the molecule is Fc1ccc(N2CCCn3nc(Nc4ccc(-n5cnc(Cl)c5)c(F)c4)nc32)cc1. The second-order valence-electron chi connectivity index (χ2n) is 6.84. The Hall–Kier alpha value is -3.46. The number of aromatic nitrogens is 5. The summed E-state index contributed by atoms with van der Waals surface area (Å²) in [5.74, 6) is 0.284. The minimum Gasteiger partial charge on any atom is -0.323 e. The molecule has 2 aromatic carbocycles. The molecule has 0 radical (unpaired) electrons. The number of benzene rings is 2. The summed E-state index contributed by atoms with van der Waals surface area (Å²) in [5.41, 5.74) is 1.68. The Morgan fingerprint density at radius 2 is 1.87 bits per heavy atom. The molecule has 0 saturated heterocycles. The lowest BCUT2D eigenvalue weighted by atomic mass is 10.2. The van der Waals surface area contributed by atoms with Crippen LogP contribution < -0.4 is 10.2 Å². The third kappa shape index (κ3) is 3.48. The van der Waals surface area contributed by atoms with Gasteiger partial charge in [0.2, 0.25) is 11.9 Å². The number of hydrogen-bond acceptors (Lipinski definition) is 5. The molecule has 1 aliphatic rings. The summed E-state index contributed by atoms with van der Waals surface area (Å²) < 4.78 is 31.1. The number of nitrogens with zero attached hydrogens (tertiary/aromatic N) is 6. The van der Waals surface area contributed by atoms with Gasteiger partial charge in [-0.25, -0.2) is 18.4 Å². The molecule has 1 N–H and O–H groups in total. The Bertz CT molecular complexity index is 1200. The van der Waals surface area contributed by atoms with E-state index >= 15 is 0 Å². The number of halogens is 3. The van der Waals surface area contributed by atoms with Gasteiger partial charge < -0.3 is 14.8 Å². The maximum atomic E-state index is 14.6. The van der Waals surface area contributed by atoms with Crippen molar-refractivity contribution in [3.05, 3.63) is 71.8 Å². The Labute approximate surface area is 175 Å². The number of rotatable bonds is 4. The number of imidazole rings is 1. The van der Waals surface area contributed by atoms with Crippen molar-refractivity contribution in [1.29, 1.82) is 0 Å². The smallest absolute Gasteiger partial charge is 0.248 e. The van der Waals surface area contributed by atoms with E-state index in [1.54, 1.807) is 28.9 Å². The first-order chi connectivity index (χ1) is 14.6. The van der Waals surface area contributed by atoms with Gasteiger partial charge >= 0.3 is 0 Å². The lowest BCUT2D eigenvalue weighted by Gasteiger charge is -2.27. The van der Waals surface area contributed by atoms with Gasteiger partial charge in [0.1, 0.15) is 23.1 Å². The van der Waals surface area contributed by atoms with E-state index in [0.29, 0.717) is 23.3 Å². The van der Waals surface area contributed by atoms with E-state index in [1.807, 2.05) is 4.90 Å². The Morgan fingerprint density at radius 1 is 1.03 bits per heavy atom.